The van der Waals surface area contributed by atoms with Crippen molar-refractivity contribution in [3.8, 4) is 0 Å². The van der Waals surface area contributed by atoms with Gasteiger partial charge >= 0.3 is 0 Å². The third kappa shape index (κ3) is 2.65. The first-order chi connectivity index (χ1) is 6.25. The zero-order chi connectivity index (χ0) is 9.68. The van der Waals surface area contributed by atoms with Gasteiger partial charge in [-0.15, -0.1) is 0 Å². The van der Waals surface area contributed by atoms with E-state index in [1.54, 1.807) is 0 Å². The molecule has 2 nitrogen and oxygen atoms in total. The van der Waals surface area contributed by atoms with Crippen LogP contribution in [0.4, 0.5) is 0 Å². The molecule has 2 heteroatoms. The maximum atomic E-state index is 5.54. The molecule has 1 fully saturated rings. The van der Waals surface area contributed by atoms with Gasteiger partial charge < -0.3 is 10.1 Å². The van der Waals surface area contributed by atoms with Gasteiger partial charge in [0.1, 0.15) is 12.4 Å². The third-order valence-electron chi connectivity index (χ3n) is 1.85. The summed E-state index contributed by atoms with van der Waals surface area (Å²) in [5.74, 6) is 0.948. The molecular formula is C11H17NO. The molecule has 1 aliphatic heterocycles. The first-order valence-electron chi connectivity index (χ1n) is 4.63. The summed E-state index contributed by atoms with van der Waals surface area (Å²) < 4.78 is 5.54. The van der Waals surface area contributed by atoms with E-state index in [2.05, 4.69) is 19.2 Å². The molecule has 13 heavy (non-hydrogen) atoms. The Morgan fingerprint density at radius 3 is 2.85 bits per heavy atom. The molecule has 1 aliphatic rings. The fourth-order valence-electron chi connectivity index (χ4n) is 1.23. The van der Waals surface area contributed by atoms with Gasteiger partial charge in [-0.2, -0.15) is 0 Å². The lowest BCUT2D eigenvalue weighted by Gasteiger charge is -2.22. The second kappa shape index (κ2) is 4.75. The summed E-state index contributed by atoms with van der Waals surface area (Å²) in [6.07, 6.45) is 5.98. The molecule has 1 rings (SSSR count). The van der Waals surface area contributed by atoms with E-state index in [4.69, 9.17) is 4.74 Å². The maximum Gasteiger partial charge on any atom is 0.142 e. The van der Waals surface area contributed by atoms with Gasteiger partial charge in [-0.3, -0.25) is 0 Å². The molecule has 0 aromatic heterocycles. The molecule has 1 N–H and O–H groups in total. The van der Waals surface area contributed by atoms with Gasteiger partial charge in [-0.25, -0.2) is 0 Å². The third-order valence-corrected chi connectivity index (χ3v) is 1.85. The second-order valence-corrected chi connectivity index (χ2v) is 3.21. The van der Waals surface area contributed by atoms with Gasteiger partial charge in [-0.1, -0.05) is 12.2 Å². The second-order valence-electron chi connectivity index (χ2n) is 3.21. The Labute approximate surface area is 80.0 Å². The maximum absolute atomic E-state index is 5.54. The van der Waals surface area contributed by atoms with Crippen LogP contribution in [0.5, 0.6) is 0 Å². The van der Waals surface area contributed by atoms with Crippen LogP contribution in [-0.2, 0) is 4.74 Å². The van der Waals surface area contributed by atoms with Crippen molar-refractivity contribution in [2.24, 2.45) is 0 Å². The Hall–Kier alpha value is -1.18. The van der Waals surface area contributed by atoms with Crippen molar-refractivity contribution >= 4 is 0 Å². The predicted octanol–water partition coefficient (Wildman–Crippen LogP) is 2.36. The van der Waals surface area contributed by atoms with E-state index in [1.807, 2.05) is 25.2 Å². The van der Waals surface area contributed by atoms with E-state index in [0.717, 1.165) is 24.6 Å². The quantitative estimate of drug-likeness (QED) is 0.667. The van der Waals surface area contributed by atoms with Crippen LogP contribution < -0.4 is 5.32 Å². The average molecular weight is 179 g/mol. The molecular weight excluding hydrogens is 162 g/mol. The van der Waals surface area contributed by atoms with E-state index < -0.39 is 0 Å². The van der Waals surface area contributed by atoms with E-state index in [-0.39, 0.29) is 0 Å². The van der Waals surface area contributed by atoms with Gasteiger partial charge in [0.2, 0.25) is 0 Å². The molecule has 0 spiro atoms. The molecule has 0 radical (unpaired) electrons. The highest BCUT2D eigenvalue weighted by Crippen LogP contribution is 2.16. The van der Waals surface area contributed by atoms with E-state index in [0.29, 0.717) is 0 Å². The van der Waals surface area contributed by atoms with Crippen LogP contribution in [0.15, 0.2) is 35.3 Å². The lowest BCUT2D eigenvalue weighted by atomic mass is 10.2. The van der Waals surface area contributed by atoms with Crippen molar-refractivity contribution in [1.82, 2.24) is 5.32 Å². The largest absolute Gasteiger partial charge is 0.490 e. The lowest BCUT2D eigenvalue weighted by Crippen LogP contribution is -2.28. The van der Waals surface area contributed by atoms with Gasteiger partial charge in [-0.05, 0) is 32.4 Å². The number of hydrogen-bond donors (Lipinski definition) is 1. The monoisotopic (exact) mass is 179 g/mol. The predicted molar refractivity (Wildman–Crippen MR) is 55.2 cm³/mol. The lowest BCUT2D eigenvalue weighted by molar-refractivity contribution is 0.196. The van der Waals surface area contributed by atoms with Crippen LogP contribution in [-0.4, -0.2) is 13.2 Å². The summed E-state index contributed by atoms with van der Waals surface area (Å²) in [7, 11) is 0. The summed E-state index contributed by atoms with van der Waals surface area (Å²) >= 11 is 0. The van der Waals surface area contributed by atoms with Crippen molar-refractivity contribution in [2.45, 2.75) is 20.8 Å². The minimum Gasteiger partial charge on any atom is -0.490 e. The molecule has 72 valence electrons. The van der Waals surface area contributed by atoms with Crippen molar-refractivity contribution in [3.63, 3.8) is 0 Å². The Morgan fingerprint density at radius 2 is 2.23 bits per heavy atom. The molecule has 0 aromatic carbocycles. The minimum atomic E-state index is 0.750. The molecule has 0 amide bonds. The van der Waals surface area contributed by atoms with Crippen LogP contribution in [0.2, 0.25) is 0 Å². The highest BCUT2D eigenvalue weighted by molar-refractivity contribution is 5.32. The molecule has 0 saturated carbocycles. The van der Waals surface area contributed by atoms with Crippen LogP contribution in [0.25, 0.3) is 0 Å². The molecule has 0 aliphatic carbocycles. The number of hydrogen-bond acceptors (Lipinski definition) is 2. The zero-order valence-corrected chi connectivity index (χ0v) is 8.55. The molecule has 1 saturated heterocycles. The van der Waals surface area contributed by atoms with E-state index >= 15 is 0 Å². The van der Waals surface area contributed by atoms with Crippen molar-refractivity contribution < 1.29 is 4.74 Å². The van der Waals surface area contributed by atoms with Crippen molar-refractivity contribution in [1.29, 1.82) is 0 Å². The molecule has 0 bridgehead atoms. The Kier molecular flexibility index (Phi) is 3.62. The molecule has 0 aromatic rings. The minimum absolute atomic E-state index is 0.750. The van der Waals surface area contributed by atoms with E-state index in [9.17, 15) is 0 Å². The highest BCUT2D eigenvalue weighted by Gasteiger charge is 2.11. The fraction of sp³-hybridized carbons (Fsp3) is 0.455. The van der Waals surface area contributed by atoms with Crippen LogP contribution in [0.1, 0.15) is 20.8 Å². The average Bonchev–Trinajstić information content (AvgIpc) is 2.15. The number of morpholine rings is 1. The first kappa shape index (κ1) is 9.90. The van der Waals surface area contributed by atoms with Crippen molar-refractivity contribution in [2.75, 3.05) is 13.2 Å². The summed E-state index contributed by atoms with van der Waals surface area (Å²) in [4.78, 5) is 0. The highest BCUT2D eigenvalue weighted by atomic mass is 16.5. The summed E-state index contributed by atoms with van der Waals surface area (Å²) in [6.45, 7) is 7.81. The molecule has 0 atom stereocenters. The van der Waals surface area contributed by atoms with Gasteiger partial charge in [0.05, 0.1) is 5.70 Å². The smallest absolute Gasteiger partial charge is 0.142 e. The zero-order valence-electron chi connectivity index (χ0n) is 8.55. The van der Waals surface area contributed by atoms with Crippen LogP contribution in [0, 0.1) is 0 Å². The normalized spacial score (nSPS) is 20.2. The number of nitrogens with one attached hydrogen (secondary N) is 1. The van der Waals surface area contributed by atoms with Gasteiger partial charge in [0, 0.05) is 6.54 Å². The summed E-state index contributed by atoms with van der Waals surface area (Å²) in [5.41, 5.74) is 2.39. The number of allylic oxidation sites excluding steroid dienone is 4. The molecule has 1 heterocycles. The Morgan fingerprint density at radius 1 is 1.46 bits per heavy atom. The van der Waals surface area contributed by atoms with Gasteiger partial charge in [0.25, 0.3) is 0 Å². The molecule has 0 unspecified atom stereocenters. The number of rotatable bonds is 1. The van der Waals surface area contributed by atoms with Crippen LogP contribution >= 0.6 is 0 Å². The summed E-state index contributed by atoms with van der Waals surface area (Å²) in [5, 5.41) is 3.33. The van der Waals surface area contributed by atoms with E-state index in [1.165, 1.54) is 5.57 Å². The fourth-order valence-corrected chi connectivity index (χ4v) is 1.23. The SMILES string of the molecule is C/C=C\C=C1\OCCNC1=C(C)C. The first-order valence-corrected chi connectivity index (χ1v) is 4.63. The standard InChI is InChI=1S/C11H17NO/c1-4-5-6-10-11(9(2)3)12-7-8-13-10/h4-6,12H,7-8H2,1-3H3/b5-4-,10-6+. The van der Waals surface area contributed by atoms with Gasteiger partial charge in [0.15, 0.2) is 0 Å². The number of ether oxygens (including phenoxy) is 1. The summed E-state index contributed by atoms with van der Waals surface area (Å²) in [6, 6.07) is 0. The Balaban J connectivity index is 2.86. The van der Waals surface area contributed by atoms with Crippen molar-refractivity contribution in [3.05, 3.63) is 35.3 Å². The Bertz CT molecular complexity index is 257. The van der Waals surface area contributed by atoms with Crippen LogP contribution in [0.3, 0.4) is 0 Å². The topological polar surface area (TPSA) is 21.3 Å².